The molecule has 2 aliphatic heterocycles. The molecular weight excluding hydrogens is 258 g/mol. The third-order valence-corrected chi connectivity index (χ3v) is 3.83. The first-order valence-corrected chi connectivity index (χ1v) is 6.73. The fourth-order valence-electron chi connectivity index (χ4n) is 2.61. The summed E-state index contributed by atoms with van der Waals surface area (Å²) in [5, 5.41) is 7.51. The van der Waals surface area contributed by atoms with E-state index in [4.69, 9.17) is 4.84 Å². The van der Waals surface area contributed by atoms with Crippen molar-refractivity contribution in [2.24, 2.45) is 5.16 Å². The monoisotopic (exact) mass is 275 g/mol. The Morgan fingerprint density at radius 2 is 2.20 bits per heavy atom. The maximum absolute atomic E-state index is 11.4. The van der Waals surface area contributed by atoms with E-state index in [9.17, 15) is 4.79 Å². The largest absolute Gasteiger partial charge is 0.465 e. The van der Waals surface area contributed by atoms with Crippen LogP contribution in [0.15, 0.2) is 23.5 Å². The Morgan fingerprint density at radius 1 is 1.40 bits per heavy atom. The SMILES string of the molecule is COC(=O)c1ccc(C2=NOC3(CCNCC3)C2)nc1. The molecule has 0 saturated carbocycles. The van der Waals surface area contributed by atoms with Gasteiger partial charge in [0, 0.05) is 25.5 Å². The molecule has 6 heteroatoms. The quantitative estimate of drug-likeness (QED) is 0.819. The van der Waals surface area contributed by atoms with Crippen LogP contribution in [0.2, 0.25) is 0 Å². The number of esters is 1. The number of rotatable bonds is 2. The zero-order valence-electron chi connectivity index (χ0n) is 11.4. The summed E-state index contributed by atoms with van der Waals surface area (Å²) in [7, 11) is 1.35. The number of pyridine rings is 1. The lowest BCUT2D eigenvalue weighted by atomic mass is 9.87. The first-order valence-electron chi connectivity index (χ1n) is 6.73. The Hall–Kier alpha value is -1.95. The standard InChI is InChI=1S/C14H17N3O3/c1-19-13(18)10-2-3-11(16-9-10)12-8-14(20-17-12)4-6-15-7-5-14/h2-3,9,15H,4-8H2,1H3. The fourth-order valence-corrected chi connectivity index (χ4v) is 2.61. The van der Waals surface area contributed by atoms with Crippen LogP contribution in [0.3, 0.4) is 0 Å². The molecule has 0 aromatic carbocycles. The number of hydrogen-bond donors (Lipinski definition) is 1. The van der Waals surface area contributed by atoms with E-state index in [1.54, 1.807) is 12.1 Å². The number of carbonyl (C=O) groups is 1. The third-order valence-electron chi connectivity index (χ3n) is 3.83. The average Bonchev–Trinajstić information content (AvgIpc) is 2.91. The van der Waals surface area contributed by atoms with Gasteiger partial charge in [-0.3, -0.25) is 4.98 Å². The lowest BCUT2D eigenvalue weighted by Gasteiger charge is -2.30. The fraction of sp³-hybridized carbons (Fsp3) is 0.500. The number of hydrogen-bond acceptors (Lipinski definition) is 6. The van der Waals surface area contributed by atoms with Gasteiger partial charge in [-0.1, -0.05) is 5.16 Å². The maximum atomic E-state index is 11.4. The molecule has 6 nitrogen and oxygen atoms in total. The van der Waals surface area contributed by atoms with Gasteiger partial charge < -0.3 is 14.9 Å². The minimum absolute atomic E-state index is 0.163. The topological polar surface area (TPSA) is 72.8 Å². The summed E-state index contributed by atoms with van der Waals surface area (Å²) >= 11 is 0. The van der Waals surface area contributed by atoms with Crippen LogP contribution in [-0.2, 0) is 9.57 Å². The highest BCUT2D eigenvalue weighted by Gasteiger charge is 2.40. The zero-order valence-corrected chi connectivity index (χ0v) is 11.4. The van der Waals surface area contributed by atoms with Gasteiger partial charge in [0.15, 0.2) is 0 Å². The Labute approximate surface area is 117 Å². The molecule has 0 radical (unpaired) electrons. The Balaban J connectivity index is 1.73. The van der Waals surface area contributed by atoms with Gasteiger partial charge in [0.2, 0.25) is 0 Å². The van der Waals surface area contributed by atoms with E-state index in [2.05, 4.69) is 20.2 Å². The van der Waals surface area contributed by atoms with Crippen molar-refractivity contribution in [3.8, 4) is 0 Å². The van der Waals surface area contributed by atoms with Crippen molar-refractivity contribution >= 4 is 11.7 Å². The van der Waals surface area contributed by atoms with E-state index >= 15 is 0 Å². The molecule has 0 unspecified atom stereocenters. The van der Waals surface area contributed by atoms with Crippen molar-refractivity contribution in [3.63, 3.8) is 0 Å². The molecule has 1 saturated heterocycles. The van der Waals surface area contributed by atoms with E-state index in [1.165, 1.54) is 13.3 Å². The predicted molar refractivity (Wildman–Crippen MR) is 72.7 cm³/mol. The third kappa shape index (κ3) is 2.38. The van der Waals surface area contributed by atoms with Gasteiger partial charge in [-0.15, -0.1) is 0 Å². The molecule has 0 aliphatic carbocycles. The van der Waals surface area contributed by atoms with E-state index < -0.39 is 0 Å². The molecule has 1 aromatic rings. The molecule has 106 valence electrons. The average molecular weight is 275 g/mol. The van der Waals surface area contributed by atoms with Crippen LogP contribution in [0, 0.1) is 0 Å². The normalized spacial score (nSPS) is 20.4. The number of piperidine rings is 1. The van der Waals surface area contributed by atoms with Crippen LogP contribution in [0.5, 0.6) is 0 Å². The lowest BCUT2D eigenvalue weighted by molar-refractivity contribution is -0.0400. The lowest BCUT2D eigenvalue weighted by Crippen LogP contribution is -2.42. The van der Waals surface area contributed by atoms with Crippen molar-refractivity contribution < 1.29 is 14.4 Å². The van der Waals surface area contributed by atoms with E-state index in [0.29, 0.717) is 5.56 Å². The van der Waals surface area contributed by atoms with Gasteiger partial charge in [0.05, 0.1) is 18.4 Å². The maximum Gasteiger partial charge on any atom is 0.339 e. The van der Waals surface area contributed by atoms with Gasteiger partial charge in [0.25, 0.3) is 0 Å². The summed E-state index contributed by atoms with van der Waals surface area (Å²) in [4.78, 5) is 21.3. The number of methoxy groups -OCH3 is 1. The van der Waals surface area contributed by atoms with Gasteiger partial charge in [-0.25, -0.2) is 4.79 Å². The number of nitrogens with zero attached hydrogens (tertiary/aromatic N) is 2. The van der Waals surface area contributed by atoms with Crippen LogP contribution in [-0.4, -0.2) is 42.5 Å². The molecule has 1 aromatic heterocycles. The van der Waals surface area contributed by atoms with Gasteiger partial charge in [-0.2, -0.15) is 0 Å². The molecule has 0 atom stereocenters. The predicted octanol–water partition coefficient (Wildman–Crippen LogP) is 1.11. The number of ether oxygens (including phenoxy) is 1. The summed E-state index contributed by atoms with van der Waals surface area (Å²) in [5.74, 6) is -0.386. The highest BCUT2D eigenvalue weighted by molar-refractivity contribution is 6.00. The van der Waals surface area contributed by atoms with E-state index in [-0.39, 0.29) is 11.6 Å². The van der Waals surface area contributed by atoms with Crippen molar-refractivity contribution in [2.45, 2.75) is 24.9 Å². The minimum Gasteiger partial charge on any atom is -0.465 e. The molecule has 3 heterocycles. The second kappa shape index (κ2) is 5.20. The van der Waals surface area contributed by atoms with E-state index in [1.807, 2.05) is 0 Å². The zero-order chi connectivity index (χ0) is 14.0. The Bertz CT molecular complexity index is 533. The smallest absolute Gasteiger partial charge is 0.339 e. The molecular formula is C14H17N3O3. The summed E-state index contributed by atoms with van der Waals surface area (Å²) in [6.45, 7) is 1.91. The number of carbonyl (C=O) groups excluding carboxylic acids is 1. The van der Waals surface area contributed by atoms with Gasteiger partial charge in [0.1, 0.15) is 11.3 Å². The first kappa shape index (κ1) is 13.1. The summed E-state index contributed by atoms with van der Waals surface area (Å²) < 4.78 is 4.65. The molecule has 1 spiro atoms. The highest BCUT2D eigenvalue weighted by Crippen LogP contribution is 2.33. The highest BCUT2D eigenvalue weighted by atomic mass is 16.7. The van der Waals surface area contributed by atoms with Crippen molar-refractivity contribution in [2.75, 3.05) is 20.2 Å². The molecule has 3 rings (SSSR count). The molecule has 1 fully saturated rings. The molecule has 1 N–H and O–H groups in total. The summed E-state index contributed by atoms with van der Waals surface area (Å²) in [6.07, 6.45) is 4.21. The molecule has 0 bridgehead atoms. The number of oxime groups is 1. The van der Waals surface area contributed by atoms with Crippen LogP contribution in [0.4, 0.5) is 0 Å². The Kier molecular flexibility index (Phi) is 3.40. The second-order valence-electron chi connectivity index (χ2n) is 5.16. The number of aromatic nitrogens is 1. The molecule has 0 amide bonds. The summed E-state index contributed by atoms with van der Waals surface area (Å²) in [5.41, 5.74) is 1.88. The van der Waals surface area contributed by atoms with Crippen LogP contribution < -0.4 is 5.32 Å². The molecule has 2 aliphatic rings. The van der Waals surface area contributed by atoms with Crippen molar-refractivity contribution in [1.29, 1.82) is 0 Å². The van der Waals surface area contributed by atoms with Gasteiger partial charge in [-0.05, 0) is 25.2 Å². The van der Waals surface area contributed by atoms with Crippen molar-refractivity contribution in [1.82, 2.24) is 10.3 Å². The minimum atomic E-state index is -0.386. The first-order chi connectivity index (χ1) is 9.72. The van der Waals surface area contributed by atoms with Gasteiger partial charge >= 0.3 is 5.97 Å². The second-order valence-corrected chi connectivity index (χ2v) is 5.16. The summed E-state index contributed by atoms with van der Waals surface area (Å²) in [6, 6.07) is 3.48. The molecule has 20 heavy (non-hydrogen) atoms. The number of nitrogens with one attached hydrogen (secondary N) is 1. The van der Waals surface area contributed by atoms with Crippen molar-refractivity contribution in [3.05, 3.63) is 29.6 Å². The van der Waals surface area contributed by atoms with Crippen LogP contribution in [0.25, 0.3) is 0 Å². The van der Waals surface area contributed by atoms with Crippen LogP contribution in [0.1, 0.15) is 35.3 Å². The van der Waals surface area contributed by atoms with Crippen LogP contribution >= 0.6 is 0 Å². The van der Waals surface area contributed by atoms with E-state index in [0.717, 1.165) is 43.8 Å². The Morgan fingerprint density at radius 3 is 2.85 bits per heavy atom.